The van der Waals surface area contributed by atoms with Crippen molar-refractivity contribution >= 4 is 64.7 Å². The maximum Gasteiger partial charge on any atom is 0.195 e. The zero-order valence-corrected chi connectivity index (χ0v) is 17.2. The van der Waals surface area contributed by atoms with Gasteiger partial charge >= 0.3 is 0 Å². The first-order valence-electron chi connectivity index (χ1n) is 9.65. The lowest BCUT2D eigenvalue weighted by Crippen LogP contribution is -2.02. The smallest absolute Gasteiger partial charge is 0.195 e. The Labute approximate surface area is 172 Å². The molecule has 0 aliphatic heterocycles. The Kier molecular flexibility index (Phi) is 4.34. The number of benzene rings is 4. The molecule has 1 aromatic heterocycles. The van der Waals surface area contributed by atoms with Crippen LogP contribution in [-0.4, -0.2) is 0 Å². The molecule has 138 valence electrons. The fraction of sp³-hybridized carbons (Fsp3) is 0.160. The van der Waals surface area contributed by atoms with Crippen LogP contribution in [0.3, 0.4) is 0 Å². The molecular weight excluding hydrogens is 384 g/mol. The van der Waals surface area contributed by atoms with Crippen molar-refractivity contribution in [1.29, 1.82) is 0 Å². The predicted molar refractivity (Wildman–Crippen MR) is 124 cm³/mol. The highest BCUT2D eigenvalue weighted by Gasteiger charge is 2.09. The summed E-state index contributed by atoms with van der Waals surface area (Å²) < 4.78 is 2.10. The van der Waals surface area contributed by atoms with E-state index in [1.165, 1.54) is 5.56 Å². The van der Waals surface area contributed by atoms with E-state index in [0.29, 0.717) is 0 Å². The summed E-state index contributed by atoms with van der Waals surface area (Å²) in [5.74, 6) is 0. The van der Waals surface area contributed by atoms with Gasteiger partial charge in [0.05, 0.1) is 0 Å². The first-order chi connectivity index (χ1) is 13.6. The molecule has 0 radical (unpaired) electrons. The van der Waals surface area contributed by atoms with Crippen LogP contribution >= 0.6 is 22.9 Å². The Morgan fingerprint density at radius 2 is 1.54 bits per heavy atom. The van der Waals surface area contributed by atoms with E-state index >= 15 is 0 Å². The fourth-order valence-electron chi connectivity index (χ4n) is 3.90. The van der Waals surface area contributed by atoms with E-state index in [9.17, 15) is 4.79 Å². The molecule has 0 saturated heterocycles. The lowest BCUT2D eigenvalue weighted by atomic mass is 10.0. The quantitative estimate of drug-likeness (QED) is 0.282. The highest BCUT2D eigenvalue weighted by atomic mass is 35.5. The molecule has 0 spiro atoms. The number of fused-ring (bicyclic) bond motifs is 4. The first kappa shape index (κ1) is 17.7. The predicted octanol–water partition coefficient (Wildman–Crippen LogP) is 7.72. The van der Waals surface area contributed by atoms with Gasteiger partial charge in [0.25, 0.3) is 0 Å². The average Bonchev–Trinajstić information content (AvgIpc) is 2.70. The van der Waals surface area contributed by atoms with Crippen LogP contribution in [0, 0.1) is 0 Å². The minimum absolute atomic E-state index is 0.134. The summed E-state index contributed by atoms with van der Waals surface area (Å²) in [5, 5.41) is 6.85. The van der Waals surface area contributed by atoms with E-state index in [-0.39, 0.29) is 5.43 Å². The van der Waals surface area contributed by atoms with Crippen LogP contribution in [0.5, 0.6) is 0 Å². The lowest BCUT2D eigenvalue weighted by Gasteiger charge is -2.07. The summed E-state index contributed by atoms with van der Waals surface area (Å²) >= 11 is 7.86. The van der Waals surface area contributed by atoms with Gasteiger partial charge in [0.15, 0.2) is 5.43 Å². The summed E-state index contributed by atoms with van der Waals surface area (Å²) in [7, 11) is 0. The number of rotatable bonds is 3. The second kappa shape index (κ2) is 6.88. The van der Waals surface area contributed by atoms with Gasteiger partial charge in [-0.2, -0.15) is 0 Å². The number of hydrogen-bond donors (Lipinski definition) is 0. The molecule has 0 aliphatic carbocycles. The second-order valence-electron chi connectivity index (χ2n) is 7.40. The van der Waals surface area contributed by atoms with Gasteiger partial charge in [-0.3, -0.25) is 4.79 Å². The molecule has 0 atom stereocenters. The third-order valence-electron chi connectivity index (χ3n) is 5.43. The fourth-order valence-corrected chi connectivity index (χ4v) is 5.17. The summed E-state index contributed by atoms with van der Waals surface area (Å²) in [6.07, 6.45) is 3.34. The van der Waals surface area contributed by atoms with Gasteiger partial charge in [0, 0.05) is 25.2 Å². The van der Waals surface area contributed by atoms with Crippen molar-refractivity contribution in [2.75, 3.05) is 0 Å². The minimum Gasteiger partial charge on any atom is -0.289 e. The largest absolute Gasteiger partial charge is 0.289 e. The summed E-state index contributed by atoms with van der Waals surface area (Å²) in [6, 6.07) is 20.8. The Hall–Kier alpha value is -2.42. The standard InChI is InChI=1S/C25H19ClOS/c1-2-3-4-15-5-8-23-21(9-15)25(27)22-13-18-11-17-12-20(26)7-6-16(17)10-19(18)14-24(22)28-23/h5-14H,2-4H2,1H3. The highest BCUT2D eigenvalue weighted by molar-refractivity contribution is 7.24. The molecule has 28 heavy (non-hydrogen) atoms. The second-order valence-corrected chi connectivity index (χ2v) is 8.92. The van der Waals surface area contributed by atoms with Crippen LogP contribution in [0.15, 0.2) is 65.5 Å². The van der Waals surface area contributed by atoms with Crippen molar-refractivity contribution in [3.63, 3.8) is 0 Å². The van der Waals surface area contributed by atoms with E-state index in [1.54, 1.807) is 11.3 Å². The van der Waals surface area contributed by atoms with Crippen LogP contribution in [0.25, 0.3) is 41.7 Å². The zero-order chi connectivity index (χ0) is 19.3. The monoisotopic (exact) mass is 402 g/mol. The number of hydrogen-bond acceptors (Lipinski definition) is 2. The molecule has 3 heteroatoms. The molecule has 5 rings (SSSR count). The molecule has 0 saturated carbocycles. The van der Waals surface area contributed by atoms with Gasteiger partial charge in [0.1, 0.15) is 0 Å². The maximum absolute atomic E-state index is 13.3. The van der Waals surface area contributed by atoms with Crippen molar-refractivity contribution in [1.82, 2.24) is 0 Å². The normalized spacial score (nSPS) is 11.8. The Balaban J connectivity index is 1.79. The number of unbranched alkanes of at least 4 members (excludes halogenated alkanes) is 1. The first-order valence-corrected chi connectivity index (χ1v) is 10.8. The van der Waals surface area contributed by atoms with E-state index < -0.39 is 0 Å². The molecular formula is C25H19ClOS. The van der Waals surface area contributed by atoms with E-state index in [2.05, 4.69) is 43.3 Å². The van der Waals surface area contributed by atoms with Gasteiger partial charge in [-0.15, -0.1) is 11.3 Å². The molecule has 0 fully saturated rings. The Morgan fingerprint density at radius 3 is 2.39 bits per heavy atom. The summed E-state index contributed by atoms with van der Waals surface area (Å²) in [5.41, 5.74) is 1.38. The van der Waals surface area contributed by atoms with Crippen molar-refractivity contribution in [3.8, 4) is 0 Å². The summed E-state index contributed by atoms with van der Waals surface area (Å²) in [6.45, 7) is 2.19. The van der Waals surface area contributed by atoms with Crippen LogP contribution < -0.4 is 5.43 Å². The van der Waals surface area contributed by atoms with E-state index in [4.69, 9.17) is 11.6 Å². The third kappa shape index (κ3) is 2.97. The minimum atomic E-state index is 0.134. The van der Waals surface area contributed by atoms with Crippen molar-refractivity contribution < 1.29 is 0 Å². The SMILES string of the molecule is CCCCc1ccc2sc3cc4cc5ccc(Cl)cc5cc4cc3c(=O)c2c1. The topological polar surface area (TPSA) is 17.1 Å². The van der Waals surface area contributed by atoms with Crippen LogP contribution in [0.4, 0.5) is 0 Å². The van der Waals surface area contributed by atoms with Gasteiger partial charge in [-0.05, 0) is 88.5 Å². The average molecular weight is 403 g/mol. The molecule has 0 N–H and O–H groups in total. The van der Waals surface area contributed by atoms with Crippen molar-refractivity contribution in [2.45, 2.75) is 26.2 Å². The van der Waals surface area contributed by atoms with E-state index in [1.807, 2.05) is 24.3 Å². The third-order valence-corrected chi connectivity index (χ3v) is 6.80. The zero-order valence-electron chi connectivity index (χ0n) is 15.6. The highest BCUT2D eigenvalue weighted by Crippen LogP contribution is 2.32. The van der Waals surface area contributed by atoms with E-state index in [0.717, 1.165) is 66.0 Å². The molecule has 1 heterocycles. The van der Waals surface area contributed by atoms with Crippen molar-refractivity contribution in [3.05, 3.63) is 81.5 Å². The van der Waals surface area contributed by atoms with Gasteiger partial charge < -0.3 is 0 Å². The molecule has 0 amide bonds. The number of aryl methyl sites for hydroxylation is 1. The van der Waals surface area contributed by atoms with Gasteiger partial charge in [-0.1, -0.05) is 37.1 Å². The molecule has 4 aromatic carbocycles. The van der Waals surface area contributed by atoms with Crippen LogP contribution in [0.2, 0.25) is 5.02 Å². The molecule has 1 nitrogen and oxygen atoms in total. The Morgan fingerprint density at radius 1 is 0.786 bits per heavy atom. The van der Waals surface area contributed by atoms with Gasteiger partial charge in [0.2, 0.25) is 0 Å². The lowest BCUT2D eigenvalue weighted by molar-refractivity contribution is 0.796. The molecule has 0 unspecified atom stereocenters. The Bertz CT molecular complexity index is 1430. The van der Waals surface area contributed by atoms with Crippen LogP contribution in [0.1, 0.15) is 25.3 Å². The number of halogens is 1. The molecule has 0 bridgehead atoms. The van der Waals surface area contributed by atoms with Gasteiger partial charge in [-0.25, -0.2) is 0 Å². The van der Waals surface area contributed by atoms with Crippen LogP contribution in [-0.2, 0) is 6.42 Å². The maximum atomic E-state index is 13.3. The summed E-state index contributed by atoms with van der Waals surface area (Å²) in [4.78, 5) is 13.3. The van der Waals surface area contributed by atoms with Crippen molar-refractivity contribution in [2.24, 2.45) is 0 Å². The molecule has 5 aromatic rings. The molecule has 0 aliphatic rings.